The molecule has 0 radical (unpaired) electrons. The third kappa shape index (κ3) is 4.55. The average molecular weight is 191 g/mol. The van der Waals surface area contributed by atoms with Crippen LogP contribution < -0.4 is 0 Å². The first-order chi connectivity index (χ1) is 6.49. The molecule has 0 saturated heterocycles. The predicted octanol–water partition coefficient (Wildman–Crippen LogP) is 3.07. The van der Waals surface area contributed by atoms with Gasteiger partial charge in [0.2, 0.25) is 0 Å². The fraction of sp³-hybridized carbons (Fsp3) is 0.333. The molecule has 76 valence electrons. The molecule has 0 aromatic heterocycles. The quantitative estimate of drug-likeness (QED) is 0.383. The number of carbonyl (C=O) groups is 1. The van der Waals surface area contributed by atoms with Crippen LogP contribution in [-0.4, -0.2) is 11.6 Å². The van der Waals surface area contributed by atoms with Crippen LogP contribution in [0.4, 0.5) is 0 Å². The minimum absolute atomic E-state index is 0.226. The Hall–Kier alpha value is -1.44. The second-order valence-corrected chi connectivity index (χ2v) is 3.25. The van der Waals surface area contributed by atoms with Crippen LogP contribution in [0, 0.1) is 0 Å². The molecule has 0 unspecified atom stereocenters. The molecule has 0 rings (SSSR count). The lowest BCUT2D eigenvalue weighted by atomic mass is 10.1. The number of hydrogen-bond donors (Lipinski definition) is 0. The average Bonchev–Trinajstić information content (AvgIpc) is 2.02. The molecule has 2 nitrogen and oxygen atoms in total. The van der Waals surface area contributed by atoms with Gasteiger partial charge in [0.15, 0.2) is 0 Å². The van der Waals surface area contributed by atoms with Crippen molar-refractivity contribution in [2.75, 3.05) is 0 Å². The van der Waals surface area contributed by atoms with E-state index in [0.717, 1.165) is 11.3 Å². The summed E-state index contributed by atoms with van der Waals surface area (Å²) in [6.45, 7) is 11.0. The Morgan fingerprint density at radius 1 is 1.29 bits per heavy atom. The van der Waals surface area contributed by atoms with E-state index in [4.69, 9.17) is 0 Å². The lowest BCUT2D eigenvalue weighted by Crippen LogP contribution is -2.02. The van der Waals surface area contributed by atoms with Crippen molar-refractivity contribution in [3.63, 3.8) is 0 Å². The van der Waals surface area contributed by atoms with Gasteiger partial charge in [-0.3, -0.25) is 4.79 Å². The second-order valence-electron chi connectivity index (χ2n) is 3.25. The van der Waals surface area contributed by atoms with Crippen LogP contribution in [0.5, 0.6) is 0 Å². The van der Waals surface area contributed by atoms with E-state index < -0.39 is 0 Å². The summed E-state index contributed by atoms with van der Waals surface area (Å²) in [5.41, 5.74) is 2.05. The second kappa shape index (κ2) is 6.08. The third-order valence-corrected chi connectivity index (χ3v) is 1.47. The fourth-order valence-electron chi connectivity index (χ4n) is 0.852. The first kappa shape index (κ1) is 12.6. The Balaban J connectivity index is 4.95. The van der Waals surface area contributed by atoms with E-state index in [1.54, 1.807) is 26.8 Å². The summed E-state index contributed by atoms with van der Waals surface area (Å²) in [6.07, 6.45) is 5.40. The molecule has 1 amide bonds. The molecule has 2 heteroatoms. The molecule has 0 saturated carbocycles. The standard InChI is InChI=1S/C12H17NO/c1-6-7-8-11(9(2)3)12(14)13-10(4)5/h6-8H,2H2,1,3-5H3. The van der Waals surface area contributed by atoms with E-state index in [1.807, 2.05) is 19.1 Å². The zero-order valence-electron chi connectivity index (χ0n) is 9.29. The van der Waals surface area contributed by atoms with Crippen LogP contribution >= 0.6 is 0 Å². The van der Waals surface area contributed by atoms with Gasteiger partial charge < -0.3 is 0 Å². The van der Waals surface area contributed by atoms with Gasteiger partial charge in [-0.2, -0.15) is 0 Å². The minimum Gasteiger partial charge on any atom is -0.267 e. The van der Waals surface area contributed by atoms with Gasteiger partial charge in [0, 0.05) is 11.3 Å². The third-order valence-electron chi connectivity index (χ3n) is 1.47. The molecule has 14 heavy (non-hydrogen) atoms. The molecule has 0 fully saturated rings. The first-order valence-electron chi connectivity index (χ1n) is 4.54. The first-order valence-corrected chi connectivity index (χ1v) is 4.54. The van der Waals surface area contributed by atoms with E-state index in [2.05, 4.69) is 11.6 Å². The molecule has 0 spiro atoms. The Labute approximate surface area is 85.7 Å². The van der Waals surface area contributed by atoms with Gasteiger partial charge in [-0.25, -0.2) is 4.99 Å². The number of rotatable bonds is 3. The van der Waals surface area contributed by atoms with Crippen LogP contribution in [0.15, 0.2) is 40.9 Å². The minimum atomic E-state index is -0.226. The van der Waals surface area contributed by atoms with E-state index in [1.165, 1.54) is 0 Å². The van der Waals surface area contributed by atoms with Crippen molar-refractivity contribution in [2.45, 2.75) is 27.7 Å². The van der Waals surface area contributed by atoms with Crippen LogP contribution in [0.3, 0.4) is 0 Å². The monoisotopic (exact) mass is 191 g/mol. The smallest absolute Gasteiger partial charge is 0.267 e. The van der Waals surface area contributed by atoms with E-state index in [0.29, 0.717) is 5.57 Å². The topological polar surface area (TPSA) is 29.4 Å². The summed E-state index contributed by atoms with van der Waals surface area (Å²) < 4.78 is 0. The summed E-state index contributed by atoms with van der Waals surface area (Å²) in [5, 5.41) is 0. The van der Waals surface area contributed by atoms with Crippen molar-refractivity contribution in [3.05, 3.63) is 36.0 Å². The maximum absolute atomic E-state index is 11.6. The van der Waals surface area contributed by atoms with E-state index in [9.17, 15) is 4.79 Å². The number of amides is 1. The van der Waals surface area contributed by atoms with Crippen molar-refractivity contribution in [3.8, 4) is 0 Å². The van der Waals surface area contributed by atoms with Gasteiger partial charge in [0.05, 0.1) is 0 Å². The molecule has 0 aliphatic carbocycles. The number of aliphatic imine (C=N–C) groups is 1. The summed E-state index contributed by atoms with van der Waals surface area (Å²) >= 11 is 0. The lowest BCUT2D eigenvalue weighted by molar-refractivity contribution is -0.114. The zero-order valence-corrected chi connectivity index (χ0v) is 9.29. The molecule has 0 aliphatic heterocycles. The van der Waals surface area contributed by atoms with Gasteiger partial charge in [-0.05, 0) is 39.3 Å². The maximum atomic E-state index is 11.6. The summed E-state index contributed by atoms with van der Waals surface area (Å²) in [5.74, 6) is -0.226. The van der Waals surface area contributed by atoms with Crippen molar-refractivity contribution in [2.24, 2.45) is 4.99 Å². The molecule has 0 heterocycles. The highest BCUT2D eigenvalue weighted by atomic mass is 16.1. The molecule has 0 aromatic rings. The van der Waals surface area contributed by atoms with Crippen LogP contribution in [0.2, 0.25) is 0 Å². The normalized spacial score (nSPS) is 11.6. The number of nitrogens with zero attached hydrogens (tertiary/aromatic N) is 1. The molecular formula is C12H17NO. The van der Waals surface area contributed by atoms with Crippen molar-refractivity contribution >= 4 is 11.6 Å². The molecule has 0 aliphatic rings. The Kier molecular flexibility index (Phi) is 5.46. The maximum Gasteiger partial charge on any atom is 0.277 e. The summed E-state index contributed by atoms with van der Waals surface area (Å²) in [7, 11) is 0. The number of carbonyl (C=O) groups excluding carboxylic acids is 1. The highest BCUT2D eigenvalue weighted by Crippen LogP contribution is 2.09. The Morgan fingerprint density at radius 3 is 2.21 bits per heavy atom. The lowest BCUT2D eigenvalue weighted by Gasteiger charge is -2.00. The molecule has 0 atom stereocenters. The molecule has 0 bridgehead atoms. The molecule has 0 N–H and O–H groups in total. The van der Waals surface area contributed by atoms with Crippen LogP contribution in [0.25, 0.3) is 0 Å². The number of hydrogen-bond acceptors (Lipinski definition) is 1. The van der Waals surface area contributed by atoms with E-state index >= 15 is 0 Å². The molecule has 0 aromatic carbocycles. The zero-order chi connectivity index (χ0) is 11.1. The van der Waals surface area contributed by atoms with E-state index in [-0.39, 0.29) is 5.91 Å². The fourth-order valence-corrected chi connectivity index (χ4v) is 0.852. The predicted molar refractivity (Wildman–Crippen MR) is 61.5 cm³/mol. The van der Waals surface area contributed by atoms with Gasteiger partial charge in [-0.1, -0.05) is 18.7 Å². The summed E-state index contributed by atoms with van der Waals surface area (Å²) in [6, 6.07) is 0. The Bertz CT molecular complexity index is 315. The highest BCUT2D eigenvalue weighted by molar-refractivity contribution is 6.04. The van der Waals surface area contributed by atoms with Crippen molar-refractivity contribution in [1.82, 2.24) is 0 Å². The van der Waals surface area contributed by atoms with Crippen LogP contribution in [0.1, 0.15) is 27.7 Å². The molecular weight excluding hydrogens is 174 g/mol. The van der Waals surface area contributed by atoms with Crippen molar-refractivity contribution < 1.29 is 4.79 Å². The summed E-state index contributed by atoms with van der Waals surface area (Å²) in [4.78, 5) is 15.4. The highest BCUT2D eigenvalue weighted by Gasteiger charge is 2.07. The number of allylic oxidation sites excluding steroid dienone is 3. The van der Waals surface area contributed by atoms with Gasteiger partial charge >= 0.3 is 0 Å². The van der Waals surface area contributed by atoms with Gasteiger partial charge in [-0.15, -0.1) is 0 Å². The largest absolute Gasteiger partial charge is 0.277 e. The van der Waals surface area contributed by atoms with Crippen molar-refractivity contribution in [1.29, 1.82) is 0 Å². The SMILES string of the molecule is C=C(C)C(=CC=CC)C(=O)N=C(C)C. The van der Waals surface area contributed by atoms with Crippen LogP contribution in [-0.2, 0) is 4.79 Å². The Morgan fingerprint density at radius 2 is 1.86 bits per heavy atom. The van der Waals surface area contributed by atoms with Gasteiger partial charge in [0.1, 0.15) is 0 Å². The van der Waals surface area contributed by atoms with Gasteiger partial charge in [0.25, 0.3) is 5.91 Å².